The summed E-state index contributed by atoms with van der Waals surface area (Å²) in [5.41, 5.74) is -0.790. The topological polar surface area (TPSA) is 72.3 Å². The van der Waals surface area contributed by atoms with E-state index in [4.69, 9.17) is 4.74 Å². The minimum atomic E-state index is -0.493. The van der Waals surface area contributed by atoms with Crippen LogP contribution in [-0.2, 0) is 18.3 Å². The van der Waals surface area contributed by atoms with Gasteiger partial charge in [0.1, 0.15) is 17.8 Å². The van der Waals surface area contributed by atoms with Crippen LogP contribution in [0.15, 0.2) is 6.33 Å². The third kappa shape index (κ3) is 6.01. The molecule has 0 saturated carbocycles. The molecule has 0 fully saturated rings. The average Bonchev–Trinajstić information content (AvgIpc) is 2.70. The average molecular weight is 311 g/mol. The molecule has 0 aliphatic carbocycles. The zero-order valence-electron chi connectivity index (χ0n) is 14.8. The minimum Gasteiger partial charge on any atom is -0.444 e. The Bertz CT molecular complexity index is 485. The van der Waals surface area contributed by atoms with E-state index in [2.05, 4.69) is 15.5 Å². The molecule has 0 spiro atoms. The van der Waals surface area contributed by atoms with Crippen molar-refractivity contribution in [3.05, 3.63) is 12.2 Å². The van der Waals surface area contributed by atoms with Crippen molar-refractivity contribution in [2.24, 2.45) is 7.05 Å². The molecule has 1 aromatic rings. The first-order valence-electron chi connectivity index (χ1n) is 7.55. The van der Waals surface area contributed by atoms with Gasteiger partial charge in [0.25, 0.3) is 0 Å². The van der Waals surface area contributed by atoms with Crippen LogP contribution in [0.3, 0.4) is 0 Å². The maximum Gasteiger partial charge on any atom is 0.410 e. The Morgan fingerprint density at radius 2 is 1.95 bits per heavy atom. The highest BCUT2D eigenvalue weighted by atomic mass is 16.6. The van der Waals surface area contributed by atoms with Crippen molar-refractivity contribution in [3.8, 4) is 0 Å². The fourth-order valence-electron chi connectivity index (χ4n) is 1.88. The molecule has 0 aromatic carbocycles. The zero-order valence-corrected chi connectivity index (χ0v) is 14.8. The van der Waals surface area contributed by atoms with E-state index in [-0.39, 0.29) is 11.6 Å². The quantitative estimate of drug-likeness (QED) is 0.841. The number of amides is 1. The number of rotatable bonds is 5. The molecule has 0 aliphatic rings. The van der Waals surface area contributed by atoms with E-state index in [0.717, 1.165) is 5.82 Å². The second-order valence-corrected chi connectivity index (χ2v) is 7.34. The van der Waals surface area contributed by atoms with Crippen molar-refractivity contribution in [2.75, 3.05) is 13.1 Å². The van der Waals surface area contributed by atoms with Crippen LogP contribution >= 0.6 is 0 Å². The van der Waals surface area contributed by atoms with Crippen LogP contribution in [0.2, 0.25) is 0 Å². The van der Waals surface area contributed by atoms with Crippen LogP contribution in [0.25, 0.3) is 0 Å². The summed E-state index contributed by atoms with van der Waals surface area (Å²) in [7, 11) is 1.90. The standard InChI is InChI=1S/C15H29N5O2/c1-14(2,3)20(13(21)22-15(4,5)6)9-8-16-10-12-18-17-11-19(12)7/h11,16H,8-10H2,1-7H3. The molecule has 0 aliphatic heterocycles. The molecule has 0 atom stereocenters. The van der Waals surface area contributed by atoms with Crippen molar-refractivity contribution in [1.82, 2.24) is 25.0 Å². The van der Waals surface area contributed by atoms with Gasteiger partial charge in [-0.25, -0.2) is 4.79 Å². The van der Waals surface area contributed by atoms with E-state index in [9.17, 15) is 4.79 Å². The van der Waals surface area contributed by atoms with E-state index in [0.29, 0.717) is 19.6 Å². The van der Waals surface area contributed by atoms with Crippen LogP contribution in [0.5, 0.6) is 0 Å². The number of ether oxygens (including phenoxy) is 1. The Morgan fingerprint density at radius 3 is 2.41 bits per heavy atom. The Labute approximate surface area is 133 Å². The number of aromatic nitrogens is 3. The summed E-state index contributed by atoms with van der Waals surface area (Å²) in [5.74, 6) is 0.861. The lowest BCUT2D eigenvalue weighted by molar-refractivity contribution is 0.00662. The summed E-state index contributed by atoms with van der Waals surface area (Å²) < 4.78 is 7.34. The lowest BCUT2D eigenvalue weighted by Crippen LogP contribution is -2.50. The molecular weight excluding hydrogens is 282 g/mol. The van der Waals surface area contributed by atoms with Crippen molar-refractivity contribution in [1.29, 1.82) is 0 Å². The predicted molar refractivity (Wildman–Crippen MR) is 85.4 cm³/mol. The Hall–Kier alpha value is -1.63. The number of hydrogen-bond donors (Lipinski definition) is 1. The second-order valence-electron chi connectivity index (χ2n) is 7.34. The van der Waals surface area contributed by atoms with Gasteiger partial charge in [-0.15, -0.1) is 10.2 Å². The summed E-state index contributed by atoms with van der Waals surface area (Å²) in [6, 6.07) is 0. The van der Waals surface area contributed by atoms with Crippen LogP contribution in [-0.4, -0.2) is 50.0 Å². The number of hydrogen-bond acceptors (Lipinski definition) is 5. The van der Waals surface area contributed by atoms with Gasteiger partial charge < -0.3 is 19.5 Å². The number of carbonyl (C=O) groups excluding carboxylic acids is 1. The molecule has 1 rings (SSSR count). The summed E-state index contributed by atoms with van der Waals surface area (Å²) in [4.78, 5) is 14.1. The number of nitrogens with one attached hydrogen (secondary N) is 1. The van der Waals surface area contributed by atoms with Crippen molar-refractivity contribution in [3.63, 3.8) is 0 Å². The molecule has 1 aromatic heterocycles. The highest BCUT2D eigenvalue weighted by molar-refractivity contribution is 5.69. The first kappa shape index (κ1) is 18.4. The smallest absolute Gasteiger partial charge is 0.410 e. The number of nitrogens with zero attached hydrogens (tertiary/aromatic N) is 4. The molecule has 0 bridgehead atoms. The molecule has 126 valence electrons. The van der Waals surface area contributed by atoms with Crippen LogP contribution < -0.4 is 5.32 Å². The summed E-state index contributed by atoms with van der Waals surface area (Å²) in [6.07, 6.45) is 1.37. The van der Waals surface area contributed by atoms with Crippen LogP contribution in [0.1, 0.15) is 47.4 Å². The Kier molecular flexibility index (Phi) is 5.93. The maximum absolute atomic E-state index is 12.3. The van der Waals surface area contributed by atoms with Crippen molar-refractivity contribution in [2.45, 2.75) is 59.2 Å². The fourth-order valence-corrected chi connectivity index (χ4v) is 1.88. The van der Waals surface area contributed by atoms with E-state index in [1.54, 1.807) is 11.2 Å². The van der Waals surface area contributed by atoms with Gasteiger partial charge >= 0.3 is 6.09 Å². The molecule has 0 unspecified atom stereocenters. The minimum absolute atomic E-state index is 0.291. The SMILES string of the molecule is Cn1cnnc1CNCCN(C(=O)OC(C)(C)C)C(C)(C)C. The van der Waals surface area contributed by atoms with Gasteiger partial charge in [-0.05, 0) is 41.5 Å². The van der Waals surface area contributed by atoms with E-state index < -0.39 is 5.60 Å². The van der Waals surface area contributed by atoms with Gasteiger partial charge in [0.15, 0.2) is 0 Å². The summed E-state index contributed by atoms with van der Waals surface area (Å²) in [5, 5.41) is 11.1. The molecule has 0 saturated heterocycles. The molecule has 7 nitrogen and oxygen atoms in total. The lowest BCUT2D eigenvalue weighted by atomic mass is 10.1. The lowest BCUT2D eigenvalue weighted by Gasteiger charge is -2.36. The summed E-state index contributed by atoms with van der Waals surface area (Å²) >= 11 is 0. The molecule has 22 heavy (non-hydrogen) atoms. The van der Waals surface area contributed by atoms with Crippen LogP contribution in [0.4, 0.5) is 4.79 Å². The summed E-state index contributed by atoms with van der Waals surface area (Å²) in [6.45, 7) is 13.5. The van der Waals surface area contributed by atoms with E-state index >= 15 is 0 Å². The van der Waals surface area contributed by atoms with Gasteiger partial charge in [0, 0.05) is 25.7 Å². The Balaban J connectivity index is 2.52. The number of carbonyl (C=O) groups is 1. The maximum atomic E-state index is 12.3. The largest absolute Gasteiger partial charge is 0.444 e. The molecule has 1 heterocycles. The molecule has 1 N–H and O–H groups in total. The van der Waals surface area contributed by atoms with Gasteiger partial charge in [-0.3, -0.25) is 0 Å². The monoisotopic (exact) mass is 311 g/mol. The fraction of sp³-hybridized carbons (Fsp3) is 0.800. The van der Waals surface area contributed by atoms with Gasteiger partial charge in [-0.1, -0.05) is 0 Å². The normalized spacial score (nSPS) is 12.3. The van der Waals surface area contributed by atoms with Gasteiger partial charge in [0.2, 0.25) is 0 Å². The second kappa shape index (κ2) is 7.09. The predicted octanol–water partition coefficient (Wildman–Crippen LogP) is 1.94. The Morgan fingerprint density at radius 1 is 1.32 bits per heavy atom. The molecule has 0 radical (unpaired) electrons. The van der Waals surface area contributed by atoms with Gasteiger partial charge in [0.05, 0.1) is 6.54 Å². The highest BCUT2D eigenvalue weighted by Crippen LogP contribution is 2.17. The van der Waals surface area contributed by atoms with Gasteiger partial charge in [-0.2, -0.15) is 0 Å². The third-order valence-corrected chi connectivity index (χ3v) is 3.02. The molecule has 1 amide bonds. The zero-order chi connectivity index (χ0) is 17.0. The van der Waals surface area contributed by atoms with E-state index in [1.807, 2.05) is 53.2 Å². The first-order chi connectivity index (χ1) is 10.0. The molecule has 7 heteroatoms. The molecular formula is C15H29N5O2. The van der Waals surface area contributed by atoms with E-state index in [1.165, 1.54) is 0 Å². The van der Waals surface area contributed by atoms with Crippen LogP contribution in [0, 0.1) is 0 Å². The number of aryl methyl sites for hydroxylation is 1. The van der Waals surface area contributed by atoms with Crippen molar-refractivity contribution >= 4 is 6.09 Å². The first-order valence-corrected chi connectivity index (χ1v) is 7.55. The van der Waals surface area contributed by atoms with Crippen molar-refractivity contribution < 1.29 is 9.53 Å². The highest BCUT2D eigenvalue weighted by Gasteiger charge is 2.30. The third-order valence-electron chi connectivity index (χ3n) is 3.02.